The minimum absolute atomic E-state index is 0.112. The van der Waals surface area contributed by atoms with Gasteiger partial charge in [-0.05, 0) is 112 Å². The normalized spacial score (nSPS) is 54.8. The number of hydrogen-bond donors (Lipinski definition) is 2. The molecular formula is C27H46N2O3. The lowest BCUT2D eigenvalue weighted by Crippen LogP contribution is -2.61. The maximum absolute atomic E-state index is 11.7. The van der Waals surface area contributed by atoms with Crippen LogP contribution >= 0.6 is 0 Å². The molecule has 0 aromatic carbocycles. The molecule has 6 fully saturated rings. The Morgan fingerprint density at radius 3 is 2.34 bits per heavy atom. The van der Waals surface area contributed by atoms with E-state index in [-0.39, 0.29) is 11.5 Å². The number of nitrogens with zero attached hydrogens (tertiary/aromatic N) is 2. The van der Waals surface area contributed by atoms with Crippen LogP contribution in [0.25, 0.3) is 0 Å². The lowest BCUT2D eigenvalue weighted by Gasteiger charge is -2.62. The molecule has 0 amide bonds. The van der Waals surface area contributed by atoms with E-state index in [2.05, 4.69) is 23.6 Å². The smallest absolute Gasteiger partial charge is 0.118 e. The van der Waals surface area contributed by atoms with Crippen molar-refractivity contribution in [2.45, 2.75) is 95.9 Å². The molecule has 6 rings (SSSR count). The summed E-state index contributed by atoms with van der Waals surface area (Å²) in [6.45, 7) is 10.7. The second-order valence-electron chi connectivity index (χ2n) is 13.0. The molecule has 182 valence electrons. The lowest BCUT2D eigenvalue weighted by atomic mass is 9.44. The maximum atomic E-state index is 11.7. The van der Waals surface area contributed by atoms with E-state index < -0.39 is 5.72 Å². The van der Waals surface area contributed by atoms with Gasteiger partial charge in [-0.2, -0.15) is 0 Å². The molecule has 5 heteroatoms. The summed E-state index contributed by atoms with van der Waals surface area (Å²) in [6, 6.07) is 0.398. The van der Waals surface area contributed by atoms with Gasteiger partial charge in [0.05, 0.1) is 19.3 Å². The number of aliphatic hydroxyl groups is 2. The van der Waals surface area contributed by atoms with E-state index in [0.29, 0.717) is 23.3 Å². The molecular weight excluding hydrogens is 400 g/mol. The summed E-state index contributed by atoms with van der Waals surface area (Å²) in [5.74, 6) is 2.86. The molecule has 32 heavy (non-hydrogen) atoms. The zero-order valence-corrected chi connectivity index (χ0v) is 20.5. The number of aliphatic hydroxyl groups excluding tert-OH is 1. The Labute approximate surface area is 194 Å². The highest BCUT2D eigenvalue weighted by atomic mass is 16.5. The molecule has 0 aromatic heterocycles. The fourth-order valence-electron chi connectivity index (χ4n) is 9.90. The highest BCUT2D eigenvalue weighted by Gasteiger charge is 2.64. The SMILES string of the molecule is C[C@]12CC[C@](O)(N3CCOCC3)C[C@@H]1CC[C@@H]1[C@@H]2CC[C@]2(C)[C@@H](O)[C@@H](N3CCCC3)C[C@@H]12. The Morgan fingerprint density at radius 2 is 1.59 bits per heavy atom. The van der Waals surface area contributed by atoms with Gasteiger partial charge in [0.25, 0.3) is 0 Å². The van der Waals surface area contributed by atoms with Crippen LogP contribution in [0.1, 0.15) is 78.1 Å². The summed E-state index contributed by atoms with van der Waals surface area (Å²) in [5, 5.41) is 23.2. The molecule has 0 unspecified atom stereocenters. The standard InChI is InChI=1S/C27H46N2O3/c1-25-9-10-27(31,29-13-15-32-16-14-29)18-19(25)5-6-20-21(25)7-8-26(2)22(20)17-23(24(26)30)28-11-3-4-12-28/h19-24,30-31H,3-18H2,1-2H3/t19-,20+,21-,22-,23-,24-,25-,26-,27+/m0/s1. The van der Waals surface area contributed by atoms with E-state index in [0.717, 1.165) is 57.4 Å². The molecule has 0 aromatic rings. The third-order valence-electron chi connectivity index (χ3n) is 11.9. The number of ether oxygens (including phenoxy) is 1. The highest BCUT2D eigenvalue weighted by molar-refractivity contribution is 5.14. The van der Waals surface area contributed by atoms with Crippen molar-refractivity contribution in [2.24, 2.45) is 34.5 Å². The number of hydrogen-bond acceptors (Lipinski definition) is 5. The number of rotatable bonds is 2. The van der Waals surface area contributed by atoms with E-state index in [4.69, 9.17) is 4.74 Å². The maximum Gasteiger partial charge on any atom is 0.118 e. The van der Waals surface area contributed by atoms with E-state index in [9.17, 15) is 10.2 Å². The highest BCUT2D eigenvalue weighted by Crippen LogP contribution is 2.67. The van der Waals surface area contributed by atoms with Gasteiger partial charge in [-0.3, -0.25) is 9.80 Å². The first-order valence-corrected chi connectivity index (χ1v) is 13.8. The zero-order valence-electron chi connectivity index (χ0n) is 20.5. The Morgan fingerprint density at radius 1 is 0.844 bits per heavy atom. The second-order valence-corrected chi connectivity index (χ2v) is 13.0. The Bertz CT molecular complexity index is 707. The fourth-order valence-corrected chi connectivity index (χ4v) is 9.90. The van der Waals surface area contributed by atoms with Crippen LogP contribution in [-0.4, -0.2) is 77.3 Å². The molecule has 4 aliphatic carbocycles. The average Bonchev–Trinajstić information content (AvgIpc) is 3.42. The van der Waals surface area contributed by atoms with Gasteiger partial charge in [-0.25, -0.2) is 0 Å². The van der Waals surface area contributed by atoms with Crippen LogP contribution in [0.3, 0.4) is 0 Å². The van der Waals surface area contributed by atoms with Crippen molar-refractivity contribution in [3.05, 3.63) is 0 Å². The minimum atomic E-state index is -0.617. The summed E-state index contributed by atoms with van der Waals surface area (Å²) >= 11 is 0. The first-order valence-electron chi connectivity index (χ1n) is 13.8. The van der Waals surface area contributed by atoms with Crippen molar-refractivity contribution in [2.75, 3.05) is 39.4 Å². The molecule has 0 spiro atoms. The molecule has 0 bridgehead atoms. The van der Waals surface area contributed by atoms with Gasteiger partial charge in [-0.1, -0.05) is 13.8 Å². The van der Waals surface area contributed by atoms with E-state index in [1.807, 2.05) is 0 Å². The molecule has 9 atom stereocenters. The monoisotopic (exact) mass is 446 g/mol. The first kappa shape index (κ1) is 22.3. The van der Waals surface area contributed by atoms with E-state index >= 15 is 0 Å². The zero-order chi connectivity index (χ0) is 22.1. The topological polar surface area (TPSA) is 56.2 Å². The Balaban J connectivity index is 1.21. The largest absolute Gasteiger partial charge is 0.391 e. The van der Waals surface area contributed by atoms with Gasteiger partial charge in [0, 0.05) is 19.1 Å². The molecule has 2 saturated heterocycles. The first-order chi connectivity index (χ1) is 15.4. The summed E-state index contributed by atoms with van der Waals surface area (Å²) in [4.78, 5) is 4.95. The van der Waals surface area contributed by atoms with Crippen LogP contribution in [0.15, 0.2) is 0 Å². The number of fused-ring (bicyclic) bond motifs is 5. The van der Waals surface area contributed by atoms with Gasteiger partial charge in [0.1, 0.15) is 5.72 Å². The van der Waals surface area contributed by atoms with Crippen molar-refractivity contribution in [1.82, 2.24) is 9.80 Å². The van der Waals surface area contributed by atoms with Crippen LogP contribution in [0.5, 0.6) is 0 Å². The van der Waals surface area contributed by atoms with Gasteiger partial charge in [0.2, 0.25) is 0 Å². The van der Waals surface area contributed by atoms with Gasteiger partial charge < -0.3 is 14.9 Å². The minimum Gasteiger partial charge on any atom is -0.391 e. The van der Waals surface area contributed by atoms with Crippen LogP contribution in [0.2, 0.25) is 0 Å². The third kappa shape index (κ3) is 3.21. The second kappa shape index (κ2) is 7.91. The van der Waals surface area contributed by atoms with E-state index in [1.54, 1.807) is 0 Å². The molecule has 2 heterocycles. The van der Waals surface area contributed by atoms with Crippen molar-refractivity contribution in [3.8, 4) is 0 Å². The predicted octanol–water partition coefficient (Wildman–Crippen LogP) is 3.49. The lowest BCUT2D eigenvalue weighted by molar-refractivity contribution is -0.213. The summed E-state index contributed by atoms with van der Waals surface area (Å²) < 4.78 is 5.56. The van der Waals surface area contributed by atoms with Crippen molar-refractivity contribution >= 4 is 0 Å². The Hall–Kier alpha value is -0.200. The molecule has 6 aliphatic rings. The number of likely N-dealkylation sites (tertiary alicyclic amines) is 1. The average molecular weight is 447 g/mol. The molecule has 2 N–H and O–H groups in total. The molecule has 5 nitrogen and oxygen atoms in total. The molecule has 4 saturated carbocycles. The fraction of sp³-hybridized carbons (Fsp3) is 1.00. The van der Waals surface area contributed by atoms with Crippen molar-refractivity contribution < 1.29 is 14.9 Å². The van der Waals surface area contributed by atoms with Crippen LogP contribution in [0, 0.1) is 34.5 Å². The van der Waals surface area contributed by atoms with Crippen molar-refractivity contribution in [3.63, 3.8) is 0 Å². The van der Waals surface area contributed by atoms with Gasteiger partial charge in [0.15, 0.2) is 0 Å². The van der Waals surface area contributed by atoms with E-state index in [1.165, 1.54) is 58.0 Å². The van der Waals surface area contributed by atoms with Crippen LogP contribution in [-0.2, 0) is 4.74 Å². The number of morpholine rings is 1. The summed E-state index contributed by atoms with van der Waals surface area (Å²) in [5.41, 5.74) is -0.144. The van der Waals surface area contributed by atoms with Crippen molar-refractivity contribution in [1.29, 1.82) is 0 Å². The van der Waals surface area contributed by atoms with Gasteiger partial charge >= 0.3 is 0 Å². The predicted molar refractivity (Wildman–Crippen MR) is 125 cm³/mol. The Kier molecular flexibility index (Phi) is 5.51. The van der Waals surface area contributed by atoms with Gasteiger partial charge in [-0.15, -0.1) is 0 Å². The third-order valence-corrected chi connectivity index (χ3v) is 11.9. The van der Waals surface area contributed by atoms with Crippen LogP contribution < -0.4 is 0 Å². The molecule has 2 aliphatic heterocycles. The quantitative estimate of drug-likeness (QED) is 0.680. The summed E-state index contributed by atoms with van der Waals surface area (Å²) in [7, 11) is 0. The summed E-state index contributed by atoms with van der Waals surface area (Å²) in [6.07, 6.45) is 11.8. The van der Waals surface area contributed by atoms with Crippen LogP contribution in [0.4, 0.5) is 0 Å². The molecule has 0 radical (unpaired) electrons.